The molecule has 4 heteroatoms. The summed E-state index contributed by atoms with van der Waals surface area (Å²) in [6, 6.07) is -0.130. The van der Waals surface area contributed by atoms with Gasteiger partial charge in [0.25, 0.3) is 0 Å². The van der Waals surface area contributed by atoms with Crippen LogP contribution in [0.5, 0.6) is 0 Å². The average molecular weight is 159 g/mol. The van der Waals surface area contributed by atoms with Gasteiger partial charge in [-0.3, -0.25) is 4.79 Å². The minimum atomic E-state index is -0.0747. The minimum Gasteiger partial charge on any atom is -0.394 e. The Balaban J connectivity index is 2.49. The van der Waals surface area contributed by atoms with Crippen LogP contribution >= 0.6 is 0 Å². The lowest BCUT2D eigenvalue weighted by Crippen LogP contribution is -2.60. The van der Waals surface area contributed by atoms with E-state index in [2.05, 4.69) is 0 Å². The van der Waals surface area contributed by atoms with Crippen molar-refractivity contribution >= 4 is 5.91 Å². The molecular weight excluding hydrogens is 146 g/mol. The van der Waals surface area contributed by atoms with Crippen LogP contribution in [0.1, 0.15) is 13.3 Å². The summed E-state index contributed by atoms with van der Waals surface area (Å²) in [6.07, 6.45) is 0.715. The van der Waals surface area contributed by atoms with Crippen LogP contribution in [0.4, 0.5) is 0 Å². The molecule has 0 bridgehead atoms. The van der Waals surface area contributed by atoms with Crippen LogP contribution in [-0.2, 0) is 4.79 Å². The van der Waals surface area contributed by atoms with Crippen molar-refractivity contribution in [3.8, 4) is 0 Å². The van der Waals surface area contributed by atoms with Crippen molar-refractivity contribution in [1.29, 1.82) is 0 Å². The normalized spacial score (nSPS) is 29.9. The molecule has 0 saturated carbocycles. The Hall–Kier alpha value is -0.610. The summed E-state index contributed by atoms with van der Waals surface area (Å²) in [7, 11) is 0. The molecule has 11 heavy (non-hydrogen) atoms. The largest absolute Gasteiger partial charge is 0.394 e. The van der Waals surface area contributed by atoms with Crippen LogP contribution in [0.15, 0.2) is 0 Å². The fraction of sp³-hybridized carbons (Fsp3) is 0.857. The summed E-state index contributed by atoms with van der Waals surface area (Å²) in [5, 5.41) is 17.5. The van der Waals surface area contributed by atoms with E-state index in [9.17, 15) is 4.79 Å². The van der Waals surface area contributed by atoms with E-state index in [4.69, 9.17) is 10.2 Å². The van der Waals surface area contributed by atoms with Gasteiger partial charge in [0.2, 0.25) is 5.91 Å². The number of hydrogen-bond acceptors (Lipinski definition) is 3. The molecular formula is C7H13NO3. The van der Waals surface area contributed by atoms with Crippen molar-refractivity contribution in [1.82, 2.24) is 4.90 Å². The topological polar surface area (TPSA) is 60.8 Å². The zero-order chi connectivity index (χ0) is 8.43. The maximum absolute atomic E-state index is 10.9. The quantitative estimate of drug-likeness (QED) is 0.541. The van der Waals surface area contributed by atoms with E-state index in [1.54, 1.807) is 0 Å². The van der Waals surface area contributed by atoms with Gasteiger partial charge in [0.1, 0.15) is 0 Å². The molecule has 64 valence electrons. The maximum Gasteiger partial charge on any atom is 0.220 e. The lowest BCUT2D eigenvalue weighted by atomic mass is 9.94. The molecule has 0 aromatic heterocycles. The highest BCUT2D eigenvalue weighted by atomic mass is 16.3. The molecule has 0 unspecified atom stereocenters. The summed E-state index contributed by atoms with van der Waals surface area (Å²) in [5.41, 5.74) is 0. The molecule has 2 atom stereocenters. The zero-order valence-electron chi connectivity index (χ0n) is 6.53. The molecule has 1 amide bonds. The van der Waals surface area contributed by atoms with E-state index in [0.29, 0.717) is 6.42 Å². The lowest BCUT2D eigenvalue weighted by molar-refractivity contribution is -0.147. The van der Waals surface area contributed by atoms with Crippen LogP contribution in [0, 0.1) is 0 Å². The van der Waals surface area contributed by atoms with Gasteiger partial charge in [0.15, 0.2) is 0 Å². The minimum absolute atomic E-state index is 0.00389. The van der Waals surface area contributed by atoms with Gasteiger partial charge >= 0.3 is 0 Å². The van der Waals surface area contributed by atoms with Gasteiger partial charge in [0.05, 0.1) is 25.3 Å². The van der Waals surface area contributed by atoms with Crippen LogP contribution in [-0.4, -0.2) is 46.3 Å². The Bertz CT molecular complexity index is 150. The number of amides is 1. The highest BCUT2D eigenvalue weighted by Gasteiger charge is 2.38. The molecule has 0 aromatic carbocycles. The Kier molecular flexibility index (Phi) is 2.46. The number of rotatable bonds is 2. The van der Waals surface area contributed by atoms with Gasteiger partial charge in [-0.05, 0) is 6.42 Å². The molecule has 1 fully saturated rings. The van der Waals surface area contributed by atoms with Gasteiger partial charge < -0.3 is 15.1 Å². The van der Waals surface area contributed by atoms with Crippen molar-refractivity contribution in [3.05, 3.63) is 0 Å². The van der Waals surface area contributed by atoms with Crippen LogP contribution in [0.2, 0.25) is 0 Å². The number of carbonyl (C=O) groups excluding carboxylic acids is 1. The van der Waals surface area contributed by atoms with Gasteiger partial charge in [-0.2, -0.15) is 0 Å². The van der Waals surface area contributed by atoms with Crippen molar-refractivity contribution in [2.24, 2.45) is 0 Å². The number of hydrogen-bond donors (Lipinski definition) is 2. The summed E-state index contributed by atoms with van der Waals surface area (Å²) in [4.78, 5) is 12.4. The first kappa shape index (κ1) is 8.49. The molecule has 0 spiro atoms. The molecule has 0 radical (unpaired) electrons. The third-order valence-corrected chi connectivity index (χ3v) is 2.12. The second-order valence-corrected chi connectivity index (χ2v) is 2.83. The smallest absolute Gasteiger partial charge is 0.220 e. The van der Waals surface area contributed by atoms with Crippen LogP contribution < -0.4 is 0 Å². The van der Waals surface area contributed by atoms with E-state index in [1.165, 1.54) is 11.8 Å². The van der Waals surface area contributed by atoms with Gasteiger partial charge in [-0.15, -0.1) is 0 Å². The molecule has 1 aliphatic heterocycles. The van der Waals surface area contributed by atoms with E-state index >= 15 is 0 Å². The van der Waals surface area contributed by atoms with Crippen molar-refractivity contribution in [3.63, 3.8) is 0 Å². The van der Waals surface area contributed by atoms with Crippen LogP contribution in [0.25, 0.3) is 0 Å². The summed E-state index contributed by atoms with van der Waals surface area (Å²) in [6.45, 7) is 1.44. The summed E-state index contributed by atoms with van der Waals surface area (Å²) >= 11 is 0. The number of aliphatic hydroxyl groups is 2. The van der Waals surface area contributed by atoms with Crippen molar-refractivity contribution in [2.45, 2.75) is 25.4 Å². The van der Waals surface area contributed by atoms with Crippen molar-refractivity contribution < 1.29 is 15.0 Å². The van der Waals surface area contributed by atoms with Gasteiger partial charge in [0, 0.05) is 6.92 Å². The van der Waals surface area contributed by atoms with Crippen molar-refractivity contribution in [2.75, 3.05) is 13.2 Å². The molecule has 2 N–H and O–H groups in total. The lowest BCUT2D eigenvalue weighted by Gasteiger charge is -2.46. The Morgan fingerprint density at radius 2 is 1.91 bits per heavy atom. The SMILES string of the molecule is CC(=O)N1[C@@H](CO)C[C@@H]1CO. The van der Waals surface area contributed by atoms with E-state index in [0.717, 1.165) is 0 Å². The zero-order valence-corrected chi connectivity index (χ0v) is 6.53. The second-order valence-electron chi connectivity index (χ2n) is 2.83. The third kappa shape index (κ3) is 1.36. The molecule has 1 rings (SSSR count). The van der Waals surface area contributed by atoms with Gasteiger partial charge in [-0.1, -0.05) is 0 Å². The summed E-state index contributed by atoms with van der Waals surface area (Å²) < 4.78 is 0. The molecule has 1 aliphatic rings. The molecule has 1 saturated heterocycles. The standard InChI is InChI=1S/C7H13NO3/c1-5(11)8-6(3-9)2-7(8)4-10/h6-7,9-10H,2-4H2,1H3/t6-,7-/m1/s1. The molecule has 1 heterocycles. The van der Waals surface area contributed by atoms with E-state index < -0.39 is 0 Å². The number of likely N-dealkylation sites (tertiary alicyclic amines) is 1. The maximum atomic E-state index is 10.9. The number of nitrogens with zero attached hydrogens (tertiary/aromatic N) is 1. The monoisotopic (exact) mass is 159 g/mol. The first-order valence-electron chi connectivity index (χ1n) is 3.71. The fourth-order valence-corrected chi connectivity index (χ4v) is 1.54. The predicted octanol–water partition coefficient (Wildman–Crippen LogP) is -1.04. The van der Waals surface area contributed by atoms with E-state index in [1.807, 2.05) is 0 Å². The highest BCUT2D eigenvalue weighted by molar-refractivity contribution is 5.75. The first-order chi connectivity index (χ1) is 5.20. The fourth-order valence-electron chi connectivity index (χ4n) is 1.54. The first-order valence-corrected chi connectivity index (χ1v) is 3.71. The van der Waals surface area contributed by atoms with E-state index in [-0.39, 0.29) is 31.2 Å². The number of carbonyl (C=O) groups is 1. The predicted molar refractivity (Wildman–Crippen MR) is 38.9 cm³/mol. The Morgan fingerprint density at radius 3 is 2.18 bits per heavy atom. The number of aliphatic hydroxyl groups excluding tert-OH is 2. The molecule has 0 aromatic rings. The van der Waals surface area contributed by atoms with Gasteiger partial charge in [-0.25, -0.2) is 0 Å². The average Bonchev–Trinajstić information content (AvgIpc) is 1.86. The highest BCUT2D eigenvalue weighted by Crippen LogP contribution is 2.24. The molecule has 4 nitrogen and oxygen atoms in total. The third-order valence-electron chi connectivity index (χ3n) is 2.12. The second kappa shape index (κ2) is 3.19. The Morgan fingerprint density at radius 1 is 1.45 bits per heavy atom. The van der Waals surface area contributed by atoms with Crippen LogP contribution in [0.3, 0.4) is 0 Å². The molecule has 0 aliphatic carbocycles. The Labute approximate surface area is 65.4 Å². The summed E-state index contributed by atoms with van der Waals surface area (Å²) in [5.74, 6) is -0.0747.